The molecule has 0 saturated carbocycles. The minimum Gasteiger partial charge on any atom is -0.396 e. The lowest BCUT2D eigenvalue weighted by molar-refractivity contribution is -0.131. The predicted octanol–water partition coefficient (Wildman–Crippen LogP) is 0.627. The number of aliphatic hydroxyl groups excluding tert-OH is 1. The third-order valence-electron chi connectivity index (χ3n) is 1.66. The highest BCUT2D eigenvalue weighted by molar-refractivity contribution is 5.76. The van der Waals surface area contributed by atoms with Crippen molar-refractivity contribution in [1.82, 2.24) is 4.90 Å². The number of hydrogen-bond donors (Lipinski definition) is 1. The van der Waals surface area contributed by atoms with Crippen molar-refractivity contribution in [2.75, 3.05) is 19.7 Å². The van der Waals surface area contributed by atoms with Crippen molar-refractivity contribution < 1.29 is 9.90 Å². The van der Waals surface area contributed by atoms with Gasteiger partial charge < -0.3 is 10.0 Å². The molecule has 3 nitrogen and oxygen atoms in total. The van der Waals surface area contributed by atoms with Crippen molar-refractivity contribution in [1.29, 1.82) is 0 Å². The van der Waals surface area contributed by atoms with Crippen molar-refractivity contribution in [3.8, 4) is 0 Å². The van der Waals surface area contributed by atoms with Gasteiger partial charge in [0.25, 0.3) is 0 Å². The SMILES string of the molecule is CCN(CC)C(=O)CCCO. The maximum Gasteiger partial charge on any atom is 0.222 e. The molecular weight excluding hydrogens is 142 g/mol. The smallest absolute Gasteiger partial charge is 0.222 e. The van der Waals surface area contributed by atoms with Gasteiger partial charge in [-0.25, -0.2) is 0 Å². The van der Waals surface area contributed by atoms with E-state index in [1.807, 2.05) is 13.8 Å². The normalized spacial score (nSPS) is 9.73. The van der Waals surface area contributed by atoms with Crippen molar-refractivity contribution >= 4 is 5.91 Å². The highest BCUT2D eigenvalue weighted by atomic mass is 16.3. The van der Waals surface area contributed by atoms with E-state index in [9.17, 15) is 4.79 Å². The Labute approximate surface area is 68.0 Å². The summed E-state index contributed by atoms with van der Waals surface area (Å²) in [4.78, 5) is 13.0. The maximum absolute atomic E-state index is 11.2. The lowest BCUT2D eigenvalue weighted by Crippen LogP contribution is -2.30. The summed E-state index contributed by atoms with van der Waals surface area (Å²) in [6.45, 7) is 5.55. The highest BCUT2D eigenvalue weighted by Gasteiger charge is 2.07. The van der Waals surface area contributed by atoms with Crippen molar-refractivity contribution in [3.05, 3.63) is 0 Å². The van der Waals surface area contributed by atoms with Gasteiger partial charge in [-0.3, -0.25) is 4.79 Å². The van der Waals surface area contributed by atoms with Crippen molar-refractivity contribution in [2.45, 2.75) is 26.7 Å². The van der Waals surface area contributed by atoms with E-state index in [1.54, 1.807) is 4.90 Å². The highest BCUT2D eigenvalue weighted by Crippen LogP contribution is 1.96. The van der Waals surface area contributed by atoms with Gasteiger partial charge in [0, 0.05) is 26.1 Å². The second-order valence-corrected chi connectivity index (χ2v) is 2.39. The lowest BCUT2D eigenvalue weighted by atomic mass is 10.3. The van der Waals surface area contributed by atoms with Gasteiger partial charge in [-0.15, -0.1) is 0 Å². The molecule has 0 aliphatic carbocycles. The van der Waals surface area contributed by atoms with Crippen LogP contribution < -0.4 is 0 Å². The molecule has 0 aromatic carbocycles. The van der Waals surface area contributed by atoms with Gasteiger partial charge in [0.2, 0.25) is 5.91 Å². The first kappa shape index (κ1) is 10.4. The first-order valence-electron chi connectivity index (χ1n) is 4.14. The predicted molar refractivity (Wildman–Crippen MR) is 44.2 cm³/mol. The Hall–Kier alpha value is -0.570. The zero-order valence-electron chi connectivity index (χ0n) is 7.34. The van der Waals surface area contributed by atoms with Gasteiger partial charge in [-0.2, -0.15) is 0 Å². The summed E-state index contributed by atoms with van der Waals surface area (Å²) in [7, 11) is 0. The summed E-state index contributed by atoms with van der Waals surface area (Å²) in [6.07, 6.45) is 1.05. The van der Waals surface area contributed by atoms with E-state index >= 15 is 0 Å². The van der Waals surface area contributed by atoms with Gasteiger partial charge >= 0.3 is 0 Å². The molecule has 0 aliphatic heterocycles. The third kappa shape index (κ3) is 3.98. The minimum atomic E-state index is 0.104. The second-order valence-electron chi connectivity index (χ2n) is 2.39. The molecule has 66 valence electrons. The van der Waals surface area contributed by atoms with E-state index in [1.165, 1.54) is 0 Å². The fourth-order valence-corrected chi connectivity index (χ4v) is 0.965. The Kier molecular flexibility index (Phi) is 5.84. The molecule has 0 spiro atoms. The first-order valence-corrected chi connectivity index (χ1v) is 4.14. The summed E-state index contributed by atoms with van der Waals surface area (Å²) in [5, 5.41) is 8.47. The average molecular weight is 159 g/mol. The molecule has 0 unspecified atom stereocenters. The molecule has 11 heavy (non-hydrogen) atoms. The van der Waals surface area contributed by atoms with E-state index in [4.69, 9.17) is 5.11 Å². The quantitative estimate of drug-likeness (QED) is 0.639. The molecule has 0 aromatic heterocycles. The van der Waals surface area contributed by atoms with E-state index in [-0.39, 0.29) is 12.5 Å². The lowest BCUT2D eigenvalue weighted by Gasteiger charge is -2.17. The first-order chi connectivity index (χ1) is 5.26. The zero-order chi connectivity index (χ0) is 8.69. The van der Waals surface area contributed by atoms with Crippen LogP contribution in [0.3, 0.4) is 0 Å². The third-order valence-corrected chi connectivity index (χ3v) is 1.66. The summed E-state index contributed by atoms with van der Waals surface area (Å²) in [5.41, 5.74) is 0. The number of nitrogens with zero attached hydrogens (tertiary/aromatic N) is 1. The molecule has 3 heteroatoms. The van der Waals surface area contributed by atoms with E-state index < -0.39 is 0 Å². The summed E-state index contributed by atoms with van der Waals surface area (Å²) in [5.74, 6) is 0.143. The van der Waals surface area contributed by atoms with Crippen LogP contribution in [0.5, 0.6) is 0 Å². The minimum absolute atomic E-state index is 0.104. The molecule has 0 bridgehead atoms. The number of carbonyl (C=O) groups is 1. The van der Waals surface area contributed by atoms with Crippen LogP contribution in [-0.2, 0) is 4.79 Å². The molecule has 0 rings (SSSR count). The van der Waals surface area contributed by atoms with Crippen LogP contribution >= 0.6 is 0 Å². The molecular formula is C8H17NO2. The standard InChI is InChI=1S/C8H17NO2/c1-3-9(4-2)8(11)6-5-7-10/h10H,3-7H2,1-2H3. The average Bonchev–Trinajstić information content (AvgIpc) is 2.03. The molecule has 0 saturated heterocycles. The molecule has 0 atom stereocenters. The molecule has 0 radical (unpaired) electrons. The number of rotatable bonds is 5. The number of carbonyl (C=O) groups excluding carboxylic acids is 1. The van der Waals surface area contributed by atoms with Gasteiger partial charge in [-0.1, -0.05) is 0 Å². The molecule has 0 aromatic rings. The Balaban J connectivity index is 3.61. The molecule has 0 aliphatic rings. The molecule has 1 N–H and O–H groups in total. The summed E-state index contributed by atoms with van der Waals surface area (Å²) >= 11 is 0. The van der Waals surface area contributed by atoms with Crippen LogP contribution in [0.25, 0.3) is 0 Å². The van der Waals surface area contributed by atoms with E-state index in [0.717, 1.165) is 13.1 Å². The number of amides is 1. The number of aliphatic hydroxyl groups is 1. The van der Waals surface area contributed by atoms with Crippen LogP contribution in [0.4, 0.5) is 0 Å². The van der Waals surface area contributed by atoms with Crippen LogP contribution in [0, 0.1) is 0 Å². The van der Waals surface area contributed by atoms with Gasteiger partial charge in [0.15, 0.2) is 0 Å². The zero-order valence-corrected chi connectivity index (χ0v) is 7.34. The van der Waals surface area contributed by atoms with Crippen molar-refractivity contribution in [2.24, 2.45) is 0 Å². The molecule has 0 fully saturated rings. The Morgan fingerprint density at radius 2 is 1.91 bits per heavy atom. The van der Waals surface area contributed by atoms with Gasteiger partial charge in [-0.05, 0) is 20.3 Å². The number of hydrogen-bond acceptors (Lipinski definition) is 2. The fraction of sp³-hybridized carbons (Fsp3) is 0.875. The molecule has 0 heterocycles. The van der Waals surface area contributed by atoms with Gasteiger partial charge in [0.1, 0.15) is 0 Å². The Morgan fingerprint density at radius 1 is 1.36 bits per heavy atom. The van der Waals surface area contributed by atoms with Crippen LogP contribution in [0.1, 0.15) is 26.7 Å². The largest absolute Gasteiger partial charge is 0.396 e. The Morgan fingerprint density at radius 3 is 2.27 bits per heavy atom. The van der Waals surface area contributed by atoms with Crippen LogP contribution in [-0.4, -0.2) is 35.6 Å². The Bertz CT molecular complexity index is 111. The fourth-order valence-electron chi connectivity index (χ4n) is 0.965. The van der Waals surface area contributed by atoms with E-state index in [2.05, 4.69) is 0 Å². The molecule has 1 amide bonds. The summed E-state index contributed by atoms with van der Waals surface area (Å²) in [6, 6.07) is 0. The van der Waals surface area contributed by atoms with Crippen LogP contribution in [0.15, 0.2) is 0 Å². The van der Waals surface area contributed by atoms with Crippen LogP contribution in [0.2, 0.25) is 0 Å². The van der Waals surface area contributed by atoms with Gasteiger partial charge in [0.05, 0.1) is 0 Å². The second kappa shape index (κ2) is 6.16. The topological polar surface area (TPSA) is 40.5 Å². The van der Waals surface area contributed by atoms with Crippen molar-refractivity contribution in [3.63, 3.8) is 0 Å². The van der Waals surface area contributed by atoms with E-state index in [0.29, 0.717) is 12.8 Å². The monoisotopic (exact) mass is 159 g/mol. The summed E-state index contributed by atoms with van der Waals surface area (Å²) < 4.78 is 0. The maximum atomic E-state index is 11.2.